The van der Waals surface area contributed by atoms with E-state index in [9.17, 15) is 14.6 Å². The molecule has 17 heavy (non-hydrogen) atoms. The van der Waals surface area contributed by atoms with Crippen LogP contribution < -0.4 is 4.90 Å². The molecule has 94 valence electrons. The summed E-state index contributed by atoms with van der Waals surface area (Å²) in [7, 11) is 0. The molecular formula is C13H18FNO2. The zero-order valence-corrected chi connectivity index (χ0v) is 9.77. The van der Waals surface area contributed by atoms with Crippen LogP contribution in [0.4, 0.5) is 10.1 Å². The van der Waals surface area contributed by atoms with E-state index >= 15 is 0 Å². The van der Waals surface area contributed by atoms with Gasteiger partial charge in [0, 0.05) is 12.1 Å². The summed E-state index contributed by atoms with van der Waals surface area (Å²) in [5.41, 5.74) is 1.04. The van der Waals surface area contributed by atoms with Crippen molar-refractivity contribution in [3.63, 3.8) is 0 Å². The Morgan fingerprint density at radius 2 is 2.12 bits per heavy atom. The molecule has 1 saturated heterocycles. The summed E-state index contributed by atoms with van der Waals surface area (Å²) in [6, 6.07) is 4.69. The molecule has 0 amide bonds. The van der Waals surface area contributed by atoms with Gasteiger partial charge < -0.3 is 15.1 Å². The van der Waals surface area contributed by atoms with Crippen molar-refractivity contribution >= 4 is 5.69 Å². The third-order valence-corrected chi connectivity index (χ3v) is 3.37. The Labute approximate surface area is 100 Å². The van der Waals surface area contributed by atoms with Gasteiger partial charge in [-0.3, -0.25) is 0 Å². The molecule has 1 aromatic rings. The molecule has 4 heteroatoms. The van der Waals surface area contributed by atoms with Gasteiger partial charge in [0.05, 0.1) is 24.9 Å². The fraction of sp³-hybridized carbons (Fsp3) is 0.538. The molecule has 1 heterocycles. The average molecular weight is 239 g/mol. The first-order chi connectivity index (χ1) is 8.27. The second-order valence-corrected chi connectivity index (χ2v) is 4.43. The Hall–Kier alpha value is -1.13. The van der Waals surface area contributed by atoms with Crippen LogP contribution in [0, 0.1) is 5.82 Å². The number of nitrogens with zero attached hydrogens (tertiary/aromatic N) is 1. The smallest absolute Gasteiger partial charge is 0.146 e. The van der Waals surface area contributed by atoms with Gasteiger partial charge in [0.15, 0.2) is 0 Å². The number of para-hydroxylation sites is 1. The molecule has 0 radical (unpaired) electrons. The van der Waals surface area contributed by atoms with Crippen molar-refractivity contribution in [3.05, 3.63) is 29.6 Å². The average Bonchev–Trinajstić information content (AvgIpc) is 2.38. The third kappa shape index (κ3) is 2.42. The number of anilines is 1. The van der Waals surface area contributed by atoms with Gasteiger partial charge in [-0.05, 0) is 25.3 Å². The quantitative estimate of drug-likeness (QED) is 0.843. The Bertz CT molecular complexity index is 384. The highest BCUT2D eigenvalue weighted by molar-refractivity contribution is 5.55. The van der Waals surface area contributed by atoms with Gasteiger partial charge in [-0.2, -0.15) is 0 Å². The van der Waals surface area contributed by atoms with Gasteiger partial charge in [0.25, 0.3) is 0 Å². The standard InChI is InChI=1S/C13H18FNO2/c14-12-6-3-4-10(8-16)13(12)15-7-2-1-5-11(15)9-17/h3-4,6,11,16-17H,1-2,5,7-9H2. The molecule has 1 aromatic carbocycles. The van der Waals surface area contributed by atoms with E-state index in [1.165, 1.54) is 6.07 Å². The Kier molecular flexibility index (Phi) is 3.97. The van der Waals surface area contributed by atoms with E-state index in [0.717, 1.165) is 25.8 Å². The van der Waals surface area contributed by atoms with Gasteiger partial charge in [-0.1, -0.05) is 12.1 Å². The fourth-order valence-corrected chi connectivity index (χ4v) is 2.49. The van der Waals surface area contributed by atoms with Crippen LogP contribution in [-0.4, -0.2) is 29.4 Å². The number of hydrogen-bond donors (Lipinski definition) is 2. The van der Waals surface area contributed by atoms with E-state index in [1.807, 2.05) is 4.90 Å². The number of halogens is 1. The SMILES string of the molecule is OCc1cccc(F)c1N1CCCCC1CO. The van der Waals surface area contributed by atoms with E-state index in [4.69, 9.17) is 0 Å². The second kappa shape index (κ2) is 5.47. The van der Waals surface area contributed by atoms with Crippen molar-refractivity contribution in [2.24, 2.45) is 0 Å². The molecule has 2 N–H and O–H groups in total. The van der Waals surface area contributed by atoms with Crippen LogP contribution in [0.3, 0.4) is 0 Å². The molecule has 2 rings (SSSR count). The lowest BCUT2D eigenvalue weighted by atomic mass is 10.00. The van der Waals surface area contributed by atoms with Gasteiger partial charge in [0.2, 0.25) is 0 Å². The molecule has 1 atom stereocenters. The highest BCUT2D eigenvalue weighted by Gasteiger charge is 2.25. The largest absolute Gasteiger partial charge is 0.394 e. The maximum Gasteiger partial charge on any atom is 0.146 e. The zero-order valence-electron chi connectivity index (χ0n) is 9.77. The molecule has 0 saturated carbocycles. The first-order valence-electron chi connectivity index (χ1n) is 6.03. The molecule has 1 unspecified atom stereocenters. The lowest BCUT2D eigenvalue weighted by Gasteiger charge is -2.37. The van der Waals surface area contributed by atoms with Crippen molar-refractivity contribution in [2.45, 2.75) is 31.9 Å². The van der Waals surface area contributed by atoms with Crippen LogP contribution in [0.5, 0.6) is 0 Å². The van der Waals surface area contributed by atoms with Gasteiger partial charge >= 0.3 is 0 Å². The van der Waals surface area contributed by atoms with E-state index in [-0.39, 0.29) is 25.1 Å². The van der Waals surface area contributed by atoms with Crippen LogP contribution >= 0.6 is 0 Å². The van der Waals surface area contributed by atoms with Crippen molar-refractivity contribution < 1.29 is 14.6 Å². The minimum Gasteiger partial charge on any atom is -0.394 e. The number of piperidine rings is 1. The first kappa shape index (κ1) is 12.3. The number of hydrogen-bond acceptors (Lipinski definition) is 3. The topological polar surface area (TPSA) is 43.7 Å². The van der Waals surface area contributed by atoms with Crippen LogP contribution in [0.2, 0.25) is 0 Å². The summed E-state index contributed by atoms with van der Waals surface area (Å²) in [6.07, 6.45) is 2.93. The first-order valence-corrected chi connectivity index (χ1v) is 6.03. The summed E-state index contributed by atoms with van der Waals surface area (Å²) >= 11 is 0. The van der Waals surface area contributed by atoms with Gasteiger partial charge in [-0.15, -0.1) is 0 Å². The maximum absolute atomic E-state index is 13.9. The Morgan fingerprint density at radius 3 is 2.82 bits per heavy atom. The molecule has 3 nitrogen and oxygen atoms in total. The lowest BCUT2D eigenvalue weighted by Crippen LogP contribution is -2.42. The summed E-state index contributed by atoms with van der Waals surface area (Å²) in [6.45, 7) is 0.583. The lowest BCUT2D eigenvalue weighted by molar-refractivity contribution is 0.237. The number of aliphatic hydroxyl groups excluding tert-OH is 2. The molecule has 1 aliphatic heterocycles. The van der Waals surface area contributed by atoms with Crippen LogP contribution in [0.15, 0.2) is 18.2 Å². The molecule has 0 spiro atoms. The number of benzene rings is 1. The summed E-state index contributed by atoms with van der Waals surface area (Å²) in [4.78, 5) is 1.89. The summed E-state index contributed by atoms with van der Waals surface area (Å²) in [5, 5.41) is 18.6. The zero-order chi connectivity index (χ0) is 12.3. The van der Waals surface area contributed by atoms with E-state index in [2.05, 4.69) is 0 Å². The molecule has 1 aliphatic rings. The van der Waals surface area contributed by atoms with Crippen molar-refractivity contribution in [1.29, 1.82) is 0 Å². The van der Waals surface area contributed by atoms with E-state index in [1.54, 1.807) is 12.1 Å². The maximum atomic E-state index is 13.9. The van der Waals surface area contributed by atoms with Gasteiger partial charge in [0.1, 0.15) is 5.82 Å². The van der Waals surface area contributed by atoms with E-state index in [0.29, 0.717) is 11.3 Å². The highest BCUT2D eigenvalue weighted by Crippen LogP contribution is 2.30. The second-order valence-electron chi connectivity index (χ2n) is 4.43. The summed E-state index contributed by atoms with van der Waals surface area (Å²) < 4.78 is 13.9. The Balaban J connectivity index is 2.36. The van der Waals surface area contributed by atoms with Gasteiger partial charge in [-0.25, -0.2) is 4.39 Å². The molecule has 1 fully saturated rings. The molecule has 0 bridgehead atoms. The predicted molar refractivity (Wildman–Crippen MR) is 64.4 cm³/mol. The predicted octanol–water partition coefficient (Wildman–Crippen LogP) is 1.67. The highest BCUT2D eigenvalue weighted by atomic mass is 19.1. The minimum absolute atomic E-state index is 0.0270. The summed E-state index contributed by atoms with van der Waals surface area (Å²) in [5.74, 6) is -0.322. The fourth-order valence-electron chi connectivity index (χ4n) is 2.49. The number of aliphatic hydroxyl groups is 2. The Morgan fingerprint density at radius 1 is 1.29 bits per heavy atom. The molecular weight excluding hydrogens is 221 g/mol. The number of rotatable bonds is 3. The van der Waals surface area contributed by atoms with Crippen LogP contribution in [-0.2, 0) is 6.61 Å². The monoisotopic (exact) mass is 239 g/mol. The normalized spacial score (nSPS) is 20.6. The van der Waals surface area contributed by atoms with E-state index < -0.39 is 0 Å². The van der Waals surface area contributed by atoms with Crippen LogP contribution in [0.25, 0.3) is 0 Å². The third-order valence-electron chi connectivity index (χ3n) is 3.37. The van der Waals surface area contributed by atoms with Crippen molar-refractivity contribution in [3.8, 4) is 0 Å². The minimum atomic E-state index is -0.322. The van der Waals surface area contributed by atoms with Crippen molar-refractivity contribution in [2.75, 3.05) is 18.1 Å². The van der Waals surface area contributed by atoms with Crippen LogP contribution in [0.1, 0.15) is 24.8 Å². The molecule has 0 aliphatic carbocycles. The van der Waals surface area contributed by atoms with Crippen molar-refractivity contribution in [1.82, 2.24) is 0 Å². The molecule has 0 aromatic heterocycles.